The van der Waals surface area contributed by atoms with Gasteiger partial charge in [-0.25, -0.2) is 0 Å². The molecule has 5 heteroatoms. The second-order valence-corrected chi connectivity index (χ2v) is 6.57. The predicted molar refractivity (Wildman–Crippen MR) is 93.4 cm³/mol. The Bertz CT molecular complexity index is 604. The van der Waals surface area contributed by atoms with Crippen LogP contribution in [-0.4, -0.2) is 29.1 Å². The number of rotatable bonds is 5. The fraction of sp³-hybridized carbons (Fsp3) is 0.474. The van der Waals surface area contributed by atoms with Crippen LogP contribution in [0, 0.1) is 0 Å². The van der Waals surface area contributed by atoms with Crippen molar-refractivity contribution in [3.8, 4) is 0 Å². The highest BCUT2D eigenvalue weighted by atomic mass is 16.3. The molecule has 1 aliphatic rings. The van der Waals surface area contributed by atoms with Crippen molar-refractivity contribution in [2.24, 2.45) is 0 Å². The zero-order chi connectivity index (χ0) is 17.5. The highest BCUT2D eigenvalue weighted by molar-refractivity contribution is 5.94. The SMILES string of the molecule is CC(C)=CC(=O)NCc1ccc(C(=O)NC2CCCCC2O)cc1. The summed E-state index contributed by atoms with van der Waals surface area (Å²) in [5.41, 5.74) is 2.44. The summed E-state index contributed by atoms with van der Waals surface area (Å²) < 4.78 is 0. The molecule has 2 amide bonds. The molecule has 0 aromatic heterocycles. The molecule has 1 saturated carbocycles. The molecular formula is C19H26N2O3. The Kier molecular flexibility index (Phi) is 6.55. The van der Waals surface area contributed by atoms with E-state index in [0.717, 1.165) is 36.8 Å². The summed E-state index contributed by atoms with van der Waals surface area (Å²) >= 11 is 0. The van der Waals surface area contributed by atoms with Gasteiger partial charge in [0.2, 0.25) is 5.91 Å². The van der Waals surface area contributed by atoms with Gasteiger partial charge in [-0.05, 0) is 44.4 Å². The Balaban J connectivity index is 1.87. The molecule has 1 aromatic rings. The van der Waals surface area contributed by atoms with Crippen LogP contribution in [0.25, 0.3) is 0 Å². The second-order valence-electron chi connectivity index (χ2n) is 6.57. The maximum absolute atomic E-state index is 12.3. The van der Waals surface area contributed by atoms with Gasteiger partial charge in [-0.3, -0.25) is 9.59 Å². The molecule has 0 bridgehead atoms. The molecule has 1 aliphatic carbocycles. The van der Waals surface area contributed by atoms with E-state index in [4.69, 9.17) is 0 Å². The van der Waals surface area contributed by atoms with Crippen LogP contribution < -0.4 is 10.6 Å². The van der Waals surface area contributed by atoms with Crippen molar-refractivity contribution in [1.29, 1.82) is 0 Å². The van der Waals surface area contributed by atoms with Crippen LogP contribution in [0.2, 0.25) is 0 Å². The fourth-order valence-corrected chi connectivity index (χ4v) is 2.81. The van der Waals surface area contributed by atoms with Gasteiger partial charge in [0.05, 0.1) is 12.1 Å². The van der Waals surface area contributed by atoms with E-state index in [0.29, 0.717) is 12.1 Å². The monoisotopic (exact) mass is 330 g/mol. The molecule has 2 rings (SSSR count). The van der Waals surface area contributed by atoms with E-state index in [1.807, 2.05) is 26.0 Å². The molecule has 0 spiro atoms. The third kappa shape index (κ3) is 5.49. The molecule has 24 heavy (non-hydrogen) atoms. The molecule has 1 aromatic carbocycles. The minimum absolute atomic E-state index is 0.122. The standard InChI is InChI=1S/C19H26N2O3/c1-13(2)11-18(23)20-12-14-7-9-15(10-8-14)19(24)21-16-5-3-4-6-17(16)22/h7-11,16-17,22H,3-6,12H2,1-2H3,(H,20,23)(H,21,24). The minimum atomic E-state index is -0.452. The van der Waals surface area contributed by atoms with Crippen LogP contribution in [0.4, 0.5) is 0 Å². The van der Waals surface area contributed by atoms with E-state index < -0.39 is 6.10 Å². The van der Waals surface area contributed by atoms with E-state index in [1.54, 1.807) is 18.2 Å². The Morgan fingerprint density at radius 1 is 1.17 bits per heavy atom. The number of carbonyl (C=O) groups excluding carboxylic acids is 2. The van der Waals surface area contributed by atoms with Crippen LogP contribution in [0.15, 0.2) is 35.9 Å². The minimum Gasteiger partial charge on any atom is -0.391 e. The molecular weight excluding hydrogens is 304 g/mol. The van der Waals surface area contributed by atoms with Crippen LogP contribution in [-0.2, 0) is 11.3 Å². The van der Waals surface area contributed by atoms with Crippen molar-refractivity contribution in [3.05, 3.63) is 47.0 Å². The van der Waals surface area contributed by atoms with E-state index in [-0.39, 0.29) is 17.9 Å². The topological polar surface area (TPSA) is 78.4 Å². The predicted octanol–water partition coefficient (Wildman–Crippen LogP) is 2.30. The van der Waals surface area contributed by atoms with E-state index >= 15 is 0 Å². The summed E-state index contributed by atoms with van der Waals surface area (Å²) in [6, 6.07) is 6.98. The Morgan fingerprint density at radius 3 is 2.46 bits per heavy atom. The molecule has 0 saturated heterocycles. The normalized spacial score (nSPS) is 20.1. The highest BCUT2D eigenvalue weighted by Gasteiger charge is 2.24. The number of hydrogen-bond donors (Lipinski definition) is 3. The molecule has 0 aliphatic heterocycles. The lowest BCUT2D eigenvalue weighted by molar-refractivity contribution is -0.116. The third-order valence-corrected chi connectivity index (χ3v) is 4.15. The molecule has 5 nitrogen and oxygen atoms in total. The molecule has 0 radical (unpaired) electrons. The fourth-order valence-electron chi connectivity index (χ4n) is 2.81. The molecule has 130 valence electrons. The molecule has 1 fully saturated rings. The summed E-state index contributed by atoms with van der Waals surface area (Å²) in [6.45, 7) is 4.17. The molecule has 0 heterocycles. The Hall–Kier alpha value is -2.14. The lowest BCUT2D eigenvalue weighted by atomic mass is 9.92. The summed E-state index contributed by atoms with van der Waals surface area (Å²) in [6.07, 6.45) is 4.72. The summed E-state index contributed by atoms with van der Waals surface area (Å²) in [5.74, 6) is -0.288. The molecule has 2 unspecified atom stereocenters. The first-order valence-electron chi connectivity index (χ1n) is 8.46. The zero-order valence-corrected chi connectivity index (χ0v) is 14.3. The van der Waals surface area contributed by atoms with Gasteiger partial charge in [-0.15, -0.1) is 0 Å². The average molecular weight is 330 g/mol. The maximum Gasteiger partial charge on any atom is 0.251 e. The van der Waals surface area contributed by atoms with Crippen LogP contribution in [0.1, 0.15) is 55.5 Å². The number of allylic oxidation sites excluding steroid dienone is 1. The average Bonchev–Trinajstić information content (AvgIpc) is 2.55. The summed E-state index contributed by atoms with van der Waals surface area (Å²) in [5, 5.41) is 15.6. The number of amides is 2. The number of nitrogens with one attached hydrogen (secondary N) is 2. The van der Waals surface area contributed by atoms with Crippen molar-refractivity contribution in [3.63, 3.8) is 0 Å². The van der Waals surface area contributed by atoms with Crippen LogP contribution in [0.5, 0.6) is 0 Å². The van der Waals surface area contributed by atoms with Crippen molar-refractivity contribution in [2.75, 3.05) is 0 Å². The number of aliphatic hydroxyl groups is 1. The molecule has 3 N–H and O–H groups in total. The first kappa shape index (κ1) is 18.2. The second kappa shape index (κ2) is 8.64. The van der Waals surface area contributed by atoms with Gasteiger partial charge in [-0.2, -0.15) is 0 Å². The number of benzene rings is 1. The maximum atomic E-state index is 12.3. The largest absolute Gasteiger partial charge is 0.391 e. The summed E-state index contributed by atoms with van der Waals surface area (Å²) in [4.78, 5) is 23.8. The van der Waals surface area contributed by atoms with Gasteiger partial charge in [0.25, 0.3) is 5.91 Å². The van der Waals surface area contributed by atoms with Crippen molar-refractivity contribution in [2.45, 2.75) is 58.2 Å². The third-order valence-electron chi connectivity index (χ3n) is 4.15. The van der Waals surface area contributed by atoms with E-state index in [9.17, 15) is 14.7 Å². The zero-order valence-electron chi connectivity index (χ0n) is 14.3. The number of hydrogen-bond acceptors (Lipinski definition) is 3. The van der Waals surface area contributed by atoms with Gasteiger partial charge < -0.3 is 15.7 Å². The van der Waals surface area contributed by atoms with Crippen LogP contribution >= 0.6 is 0 Å². The Morgan fingerprint density at radius 2 is 1.83 bits per heavy atom. The van der Waals surface area contributed by atoms with E-state index in [2.05, 4.69) is 10.6 Å². The smallest absolute Gasteiger partial charge is 0.251 e. The van der Waals surface area contributed by atoms with Gasteiger partial charge >= 0.3 is 0 Å². The quantitative estimate of drug-likeness (QED) is 0.725. The first-order valence-corrected chi connectivity index (χ1v) is 8.46. The van der Waals surface area contributed by atoms with Crippen molar-refractivity contribution >= 4 is 11.8 Å². The van der Waals surface area contributed by atoms with Gasteiger partial charge in [0, 0.05) is 18.2 Å². The number of carbonyl (C=O) groups is 2. The Labute approximate surface area is 143 Å². The van der Waals surface area contributed by atoms with Crippen molar-refractivity contribution < 1.29 is 14.7 Å². The lowest BCUT2D eigenvalue weighted by Gasteiger charge is -2.28. The first-order chi connectivity index (χ1) is 11.5. The van der Waals surface area contributed by atoms with Crippen LogP contribution in [0.3, 0.4) is 0 Å². The van der Waals surface area contributed by atoms with Gasteiger partial charge in [0.15, 0.2) is 0 Å². The van der Waals surface area contributed by atoms with E-state index in [1.165, 1.54) is 0 Å². The molecule has 2 atom stereocenters. The summed E-state index contributed by atoms with van der Waals surface area (Å²) in [7, 11) is 0. The highest BCUT2D eigenvalue weighted by Crippen LogP contribution is 2.18. The van der Waals surface area contributed by atoms with Gasteiger partial charge in [0.1, 0.15) is 0 Å². The van der Waals surface area contributed by atoms with Gasteiger partial charge in [-0.1, -0.05) is 30.5 Å². The lowest BCUT2D eigenvalue weighted by Crippen LogP contribution is -2.45. The van der Waals surface area contributed by atoms with Crippen molar-refractivity contribution in [1.82, 2.24) is 10.6 Å². The number of aliphatic hydroxyl groups excluding tert-OH is 1.